The summed E-state index contributed by atoms with van der Waals surface area (Å²) in [6.07, 6.45) is 0. The number of hydrogen-bond donors (Lipinski definition) is 0. The fraction of sp³-hybridized carbons (Fsp3) is 0.480. The smallest absolute Gasteiger partial charge is 0.323 e. The van der Waals surface area contributed by atoms with Crippen molar-refractivity contribution < 1.29 is 9.53 Å². The Morgan fingerprint density at radius 3 is 2.04 bits per heavy atom. The molecule has 0 N–H and O–H groups in total. The molecule has 27 heavy (non-hydrogen) atoms. The Morgan fingerprint density at radius 2 is 1.52 bits per heavy atom. The molecule has 2 aromatic carbocycles. The molecule has 0 aliphatic carbocycles. The largest absolute Gasteiger partial charge is 0.425 e. The lowest BCUT2D eigenvalue weighted by atomic mass is 9.77. The number of aryl methyl sites for hydroxylation is 1. The van der Waals surface area contributed by atoms with Gasteiger partial charge in [-0.2, -0.15) is 0 Å². The van der Waals surface area contributed by atoms with Crippen molar-refractivity contribution in [3.63, 3.8) is 0 Å². The van der Waals surface area contributed by atoms with E-state index >= 15 is 0 Å². The average Bonchev–Trinajstić information content (AvgIpc) is 2.89. The van der Waals surface area contributed by atoms with E-state index in [9.17, 15) is 4.79 Å². The predicted molar refractivity (Wildman–Crippen MR) is 114 cm³/mol. The first-order valence-corrected chi connectivity index (χ1v) is 9.95. The molecular weight excluding hydrogens is 332 g/mol. The number of ether oxygens (including phenoxy) is 1. The Balaban J connectivity index is 0.00000126. The second-order valence-electron chi connectivity index (χ2n) is 9.21. The first-order valence-electron chi connectivity index (χ1n) is 9.95. The summed E-state index contributed by atoms with van der Waals surface area (Å²) in [5, 5.41) is 0. The number of esters is 1. The highest BCUT2D eigenvalue weighted by atomic mass is 16.5. The van der Waals surface area contributed by atoms with Gasteiger partial charge < -0.3 is 4.74 Å². The van der Waals surface area contributed by atoms with Gasteiger partial charge in [-0.3, -0.25) is 4.79 Å². The summed E-state index contributed by atoms with van der Waals surface area (Å²) in [7, 11) is 0. The van der Waals surface area contributed by atoms with Gasteiger partial charge in [-0.25, -0.2) is 0 Å². The van der Waals surface area contributed by atoms with Crippen LogP contribution in [0.4, 0.5) is 0 Å². The number of carbonyl (C=O) groups excluding carboxylic acids is 1. The Morgan fingerprint density at radius 1 is 0.889 bits per heavy atom. The fourth-order valence-corrected chi connectivity index (χ4v) is 3.42. The zero-order chi connectivity index (χ0) is 20.6. The summed E-state index contributed by atoms with van der Waals surface area (Å²) in [5.41, 5.74) is 5.44. The van der Waals surface area contributed by atoms with Crippen molar-refractivity contribution in [2.75, 3.05) is 0 Å². The van der Waals surface area contributed by atoms with E-state index < -0.39 is 0 Å². The molecule has 1 unspecified atom stereocenters. The van der Waals surface area contributed by atoms with Gasteiger partial charge in [0.25, 0.3) is 0 Å². The summed E-state index contributed by atoms with van der Waals surface area (Å²) in [6, 6.07) is 12.5. The van der Waals surface area contributed by atoms with Crippen LogP contribution in [-0.4, -0.2) is 5.97 Å². The molecule has 1 atom stereocenters. The van der Waals surface area contributed by atoms with Crippen molar-refractivity contribution in [2.45, 2.75) is 79.1 Å². The van der Waals surface area contributed by atoms with Gasteiger partial charge in [-0.05, 0) is 28.9 Å². The van der Waals surface area contributed by atoms with Gasteiger partial charge in [0.1, 0.15) is 11.7 Å². The molecule has 2 heteroatoms. The van der Waals surface area contributed by atoms with Crippen LogP contribution >= 0.6 is 0 Å². The van der Waals surface area contributed by atoms with Crippen LogP contribution in [0.25, 0.3) is 0 Å². The molecule has 3 rings (SSSR count). The maximum atomic E-state index is 12.8. The molecule has 0 spiro atoms. The first-order chi connectivity index (χ1) is 12.5. The zero-order valence-electron chi connectivity index (χ0n) is 18.4. The molecule has 2 aromatic rings. The normalized spacial score (nSPS) is 16.3. The van der Waals surface area contributed by atoms with Crippen LogP contribution in [0, 0.1) is 6.92 Å². The van der Waals surface area contributed by atoms with E-state index in [1.54, 1.807) is 0 Å². The van der Waals surface area contributed by atoms with E-state index in [0.29, 0.717) is 0 Å². The quantitative estimate of drug-likeness (QED) is 0.416. The van der Waals surface area contributed by atoms with Crippen LogP contribution in [0.3, 0.4) is 0 Å². The molecule has 1 aliphatic heterocycles. The lowest BCUT2D eigenvalue weighted by Gasteiger charge is -2.27. The lowest BCUT2D eigenvalue weighted by Crippen LogP contribution is -2.17. The van der Waals surface area contributed by atoms with Gasteiger partial charge in [0.05, 0.1) is 0 Å². The van der Waals surface area contributed by atoms with Gasteiger partial charge in [-0.1, -0.05) is 97.4 Å². The Labute approximate surface area is 165 Å². The number of fused-ring (bicyclic) bond motifs is 1. The lowest BCUT2D eigenvalue weighted by molar-refractivity contribution is -0.133. The Hall–Kier alpha value is -2.09. The molecule has 0 fully saturated rings. The molecule has 0 radical (unpaired) electrons. The minimum atomic E-state index is -0.335. The van der Waals surface area contributed by atoms with Crippen molar-refractivity contribution in [3.8, 4) is 5.75 Å². The summed E-state index contributed by atoms with van der Waals surface area (Å²) in [6.45, 7) is 19.2. The number of carbonyl (C=O) groups is 1. The van der Waals surface area contributed by atoms with E-state index in [4.69, 9.17) is 4.74 Å². The molecule has 1 aliphatic rings. The van der Waals surface area contributed by atoms with Gasteiger partial charge in [0, 0.05) is 11.1 Å². The highest BCUT2D eigenvalue weighted by Gasteiger charge is 2.39. The highest BCUT2D eigenvalue weighted by Crippen LogP contribution is 2.47. The maximum absolute atomic E-state index is 12.8. The number of hydrogen-bond acceptors (Lipinski definition) is 2. The Kier molecular flexibility index (Phi) is 5.89. The summed E-state index contributed by atoms with van der Waals surface area (Å²) >= 11 is 0. The van der Waals surface area contributed by atoms with Crippen molar-refractivity contribution in [1.29, 1.82) is 0 Å². The van der Waals surface area contributed by atoms with Crippen molar-refractivity contribution >= 4 is 5.97 Å². The van der Waals surface area contributed by atoms with Crippen LogP contribution in [0.1, 0.15) is 89.1 Å². The van der Waals surface area contributed by atoms with Gasteiger partial charge >= 0.3 is 5.97 Å². The second-order valence-corrected chi connectivity index (χ2v) is 9.21. The zero-order valence-corrected chi connectivity index (χ0v) is 18.4. The SMILES string of the molecule is CC.Cc1cccc(C2C(=O)Oc3c2cc(C(C)(C)C)cc3C(C)(C)C)c1. The molecular formula is C25H34O2. The second kappa shape index (κ2) is 7.50. The number of rotatable bonds is 1. The van der Waals surface area contributed by atoms with Crippen molar-refractivity contribution in [3.05, 3.63) is 64.2 Å². The maximum Gasteiger partial charge on any atom is 0.323 e. The average molecular weight is 367 g/mol. The third-order valence-electron chi connectivity index (χ3n) is 4.92. The van der Waals surface area contributed by atoms with Crippen molar-refractivity contribution in [1.82, 2.24) is 0 Å². The molecule has 0 amide bonds. The Bertz CT molecular complexity index is 832. The molecule has 0 bridgehead atoms. The van der Waals surface area contributed by atoms with Crippen LogP contribution in [0.5, 0.6) is 5.75 Å². The third-order valence-corrected chi connectivity index (χ3v) is 4.92. The van der Waals surface area contributed by atoms with Crippen LogP contribution < -0.4 is 4.74 Å². The molecule has 0 saturated heterocycles. The van der Waals surface area contributed by atoms with Crippen LogP contribution in [-0.2, 0) is 15.6 Å². The van der Waals surface area contributed by atoms with Crippen molar-refractivity contribution in [2.24, 2.45) is 0 Å². The summed E-state index contributed by atoms with van der Waals surface area (Å²) < 4.78 is 5.80. The van der Waals surface area contributed by atoms with Gasteiger partial charge in [0.2, 0.25) is 0 Å². The highest BCUT2D eigenvalue weighted by molar-refractivity contribution is 5.90. The topological polar surface area (TPSA) is 26.3 Å². The monoisotopic (exact) mass is 366 g/mol. The van der Waals surface area contributed by atoms with E-state index in [1.165, 1.54) is 5.56 Å². The molecule has 1 heterocycles. The summed E-state index contributed by atoms with van der Waals surface area (Å²) in [5.74, 6) is 0.257. The third kappa shape index (κ3) is 4.26. The van der Waals surface area contributed by atoms with Crippen LogP contribution in [0.15, 0.2) is 36.4 Å². The van der Waals surface area contributed by atoms with Gasteiger partial charge in [0.15, 0.2) is 0 Å². The molecule has 2 nitrogen and oxygen atoms in total. The predicted octanol–water partition coefficient (Wildman–Crippen LogP) is 6.67. The van der Waals surface area contributed by atoms with Gasteiger partial charge in [-0.15, -0.1) is 0 Å². The van der Waals surface area contributed by atoms with E-state index in [-0.39, 0.29) is 22.7 Å². The van der Waals surface area contributed by atoms with Crippen LogP contribution in [0.2, 0.25) is 0 Å². The fourth-order valence-electron chi connectivity index (χ4n) is 3.42. The standard InChI is InChI=1S/C23H28O2.C2H6/c1-14-9-8-10-15(11-14)19-17-12-16(22(2,3)4)13-18(23(5,6)7)20(17)25-21(19)24;1-2/h8-13,19H,1-7H3;1-2H3. The minimum Gasteiger partial charge on any atom is -0.425 e. The van der Waals surface area contributed by atoms with E-state index in [0.717, 1.165) is 28.0 Å². The molecule has 0 aromatic heterocycles. The van der Waals surface area contributed by atoms with E-state index in [1.807, 2.05) is 26.0 Å². The summed E-state index contributed by atoms with van der Waals surface area (Å²) in [4.78, 5) is 12.8. The number of benzene rings is 2. The first kappa shape index (κ1) is 21.2. The molecule has 0 saturated carbocycles. The van der Waals surface area contributed by atoms with E-state index in [2.05, 4.69) is 72.7 Å². The minimum absolute atomic E-state index is 0.0117. The molecule has 146 valence electrons.